The number of aryl methyl sites for hydroxylation is 1. The second kappa shape index (κ2) is 3.70. The van der Waals surface area contributed by atoms with E-state index in [4.69, 9.17) is 4.74 Å². The molecule has 0 aliphatic rings. The summed E-state index contributed by atoms with van der Waals surface area (Å²) in [6.45, 7) is 4.87. The summed E-state index contributed by atoms with van der Waals surface area (Å²) in [5.74, 6) is -0.692. The van der Waals surface area contributed by atoms with E-state index in [2.05, 4.69) is 0 Å². The molecular weight excluding hydrogens is 180 g/mol. The van der Waals surface area contributed by atoms with Crippen LogP contribution in [0.5, 0.6) is 5.75 Å². The van der Waals surface area contributed by atoms with Gasteiger partial charge < -0.3 is 14.6 Å². The lowest BCUT2D eigenvalue weighted by Gasteiger charge is -2.27. The average Bonchev–Trinajstić information content (AvgIpc) is 2.08. The van der Waals surface area contributed by atoms with Crippen LogP contribution in [-0.4, -0.2) is 11.6 Å². The van der Waals surface area contributed by atoms with Crippen LogP contribution in [0.4, 0.5) is 0 Å². The lowest BCUT2D eigenvalue weighted by molar-refractivity contribution is -0.320. The van der Waals surface area contributed by atoms with Gasteiger partial charge in [0.1, 0.15) is 11.4 Å². The fraction of sp³-hybridized carbons (Fsp3) is 0.364. The van der Waals surface area contributed by atoms with E-state index >= 15 is 0 Å². The van der Waals surface area contributed by atoms with Gasteiger partial charge in [0.05, 0.1) is 5.97 Å². The summed E-state index contributed by atoms with van der Waals surface area (Å²) in [5.41, 5.74) is -0.196. The highest BCUT2D eigenvalue weighted by Crippen LogP contribution is 2.18. The predicted molar refractivity (Wildman–Crippen MR) is 50.9 cm³/mol. The molecule has 0 fully saturated rings. The minimum atomic E-state index is -1.30. The van der Waals surface area contributed by atoms with E-state index < -0.39 is 11.6 Å². The van der Waals surface area contributed by atoms with Gasteiger partial charge in [-0.1, -0.05) is 17.7 Å². The van der Waals surface area contributed by atoms with Crippen LogP contribution in [0.15, 0.2) is 24.3 Å². The minimum Gasteiger partial charge on any atom is -0.546 e. The maximum atomic E-state index is 10.7. The molecule has 0 atom stereocenters. The summed E-state index contributed by atoms with van der Waals surface area (Å²) in [5, 5.41) is 10.7. The van der Waals surface area contributed by atoms with Crippen molar-refractivity contribution in [1.29, 1.82) is 0 Å². The number of ether oxygens (including phenoxy) is 1. The molecule has 1 aromatic rings. The van der Waals surface area contributed by atoms with E-state index in [0.717, 1.165) is 5.56 Å². The number of carboxylic acids is 1. The number of carbonyl (C=O) groups excluding carboxylic acids is 1. The molecule has 0 saturated carbocycles. The molecule has 0 aromatic heterocycles. The van der Waals surface area contributed by atoms with Crippen molar-refractivity contribution in [2.45, 2.75) is 26.4 Å². The Labute approximate surface area is 83.3 Å². The highest BCUT2D eigenvalue weighted by Gasteiger charge is 2.20. The number of rotatable bonds is 3. The molecule has 0 aliphatic heterocycles. The Morgan fingerprint density at radius 1 is 1.29 bits per heavy atom. The molecule has 0 spiro atoms. The molecule has 76 valence electrons. The van der Waals surface area contributed by atoms with Gasteiger partial charge in [0.2, 0.25) is 0 Å². The highest BCUT2D eigenvalue weighted by molar-refractivity contribution is 5.74. The van der Waals surface area contributed by atoms with Crippen LogP contribution in [0.3, 0.4) is 0 Å². The number of hydrogen-bond donors (Lipinski definition) is 0. The maximum Gasteiger partial charge on any atom is 0.143 e. The van der Waals surface area contributed by atoms with Crippen LogP contribution in [0.2, 0.25) is 0 Å². The van der Waals surface area contributed by atoms with Gasteiger partial charge in [0.25, 0.3) is 0 Å². The van der Waals surface area contributed by atoms with Gasteiger partial charge >= 0.3 is 0 Å². The first-order valence-corrected chi connectivity index (χ1v) is 4.39. The summed E-state index contributed by atoms with van der Waals surface area (Å²) in [6, 6.07) is 7.20. The maximum absolute atomic E-state index is 10.7. The molecular formula is C11H13O3-. The molecule has 1 rings (SSSR count). The van der Waals surface area contributed by atoms with Gasteiger partial charge in [0, 0.05) is 0 Å². The van der Waals surface area contributed by atoms with Crippen LogP contribution >= 0.6 is 0 Å². The van der Waals surface area contributed by atoms with E-state index in [9.17, 15) is 9.90 Å². The van der Waals surface area contributed by atoms with Crippen LogP contribution in [0.25, 0.3) is 0 Å². The molecule has 0 heterocycles. The largest absolute Gasteiger partial charge is 0.546 e. The van der Waals surface area contributed by atoms with Gasteiger partial charge in [0.15, 0.2) is 0 Å². The Hall–Kier alpha value is -1.51. The fourth-order valence-corrected chi connectivity index (χ4v) is 0.943. The van der Waals surface area contributed by atoms with E-state index in [1.165, 1.54) is 13.8 Å². The third-order valence-corrected chi connectivity index (χ3v) is 1.89. The zero-order valence-corrected chi connectivity index (χ0v) is 8.53. The van der Waals surface area contributed by atoms with E-state index in [1.54, 1.807) is 12.1 Å². The summed E-state index contributed by atoms with van der Waals surface area (Å²) in [7, 11) is 0. The molecule has 1 aromatic carbocycles. The number of benzene rings is 1. The summed E-state index contributed by atoms with van der Waals surface area (Å²) in [6.07, 6.45) is 0. The van der Waals surface area contributed by atoms with Crippen molar-refractivity contribution in [1.82, 2.24) is 0 Å². The third-order valence-electron chi connectivity index (χ3n) is 1.89. The smallest absolute Gasteiger partial charge is 0.143 e. The summed E-state index contributed by atoms with van der Waals surface area (Å²) in [4.78, 5) is 10.7. The Kier molecular flexibility index (Phi) is 2.79. The Balaban J connectivity index is 2.79. The first-order valence-electron chi connectivity index (χ1n) is 4.39. The second-order valence-corrected chi connectivity index (χ2v) is 3.71. The SMILES string of the molecule is Cc1ccc(OC(C)(C)C(=O)[O-])cc1. The third kappa shape index (κ3) is 2.49. The Morgan fingerprint density at radius 2 is 1.79 bits per heavy atom. The number of carboxylic acid groups (broad SMARTS) is 1. The van der Waals surface area contributed by atoms with Gasteiger partial charge in [-0.3, -0.25) is 0 Å². The first kappa shape index (κ1) is 10.6. The molecule has 0 aliphatic carbocycles. The summed E-state index contributed by atoms with van der Waals surface area (Å²) < 4.78 is 5.26. The van der Waals surface area contributed by atoms with Crippen molar-refractivity contribution in [3.63, 3.8) is 0 Å². The van der Waals surface area contributed by atoms with Crippen LogP contribution < -0.4 is 9.84 Å². The molecule has 0 saturated heterocycles. The molecule has 0 amide bonds. The summed E-state index contributed by atoms with van der Waals surface area (Å²) >= 11 is 0. The van der Waals surface area contributed by atoms with E-state index in [0.29, 0.717) is 5.75 Å². The Bertz CT molecular complexity index is 325. The van der Waals surface area contributed by atoms with Crippen molar-refractivity contribution < 1.29 is 14.6 Å². The normalized spacial score (nSPS) is 11.1. The average molecular weight is 193 g/mol. The first-order chi connectivity index (χ1) is 6.42. The quantitative estimate of drug-likeness (QED) is 0.716. The molecule has 3 nitrogen and oxygen atoms in total. The van der Waals surface area contributed by atoms with Crippen molar-refractivity contribution >= 4 is 5.97 Å². The van der Waals surface area contributed by atoms with Gasteiger partial charge in [-0.05, 0) is 32.9 Å². The zero-order chi connectivity index (χ0) is 10.8. The fourth-order valence-electron chi connectivity index (χ4n) is 0.943. The van der Waals surface area contributed by atoms with E-state index in [-0.39, 0.29) is 0 Å². The predicted octanol–water partition coefficient (Wildman–Crippen LogP) is 0.902. The van der Waals surface area contributed by atoms with Crippen molar-refractivity contribution in [3.8, 4) is 5.75 Å². The highest BCUT2D eigenvalue weighted by atomic mass is 16.5. The number of hydrogen-bond acceptors (Lipinski definition) is 3. The Morgan fingerprint density at radius 3 is 2.21 bits per heavy atom. The van der Waals surface area contributed by atoms with Gasteiger partial charge in [-0.2, -0.15) is 0 Å². The molecule has 3 heteroatoms. The number of carbonyl (C=O) groups is 1. The van der Waals surface area contributed by atoms with Gasteiger partial charge in [-0.25, -0.2) is 0 Å². The molecule has 0 unspecified atom stereocenters. The number of aliphatic carboxylic acids is 1. The molecule has 14 heavy (non-hydrogen) atoms. The van der Waals surface area contributed by atoms with E-state index in [1.807, 2.05) is 19.1 Å². The monoisotopic (exact) mass is 193 g/mol. The van der Waals surface area contributed by atoms with Crippen molar-refractivity contribution in [2.24, 2.45) is 0 Å². The standard InChI is InChI=1S/C11H14O3/c1-8-4-6-9(7-5-8)14-11(2,3)10(12)13/h4-7H,1-3H3,(H,12,13)/p-1. The topological polar surface area (TPSA) is 49.4 Å². The van der Waals surface area contributed by atoms with Crippen molar-refractivity contribution in [2.75, 3.05) is 0 Å². The van der Waals surface area contributed by atoms with Crippen LogP contribution in [0, 0.1) is 6.92 Å². The van der Waals surface area contributed by atoms with Crippen LogP contribution in [0.1, 0.15) is 19.4 Å². The molecule has 0 N–H and O–H groups in total. The lowest BCUT2D eigenvalue weighted by Crippen LogP contribution is -2.47. The lowest BCUT2D eigenvalue weighted by atomic mass is 10.1. The van der Waals surface area contributed by atoms with Crippen LogP contribution in [-0.2, 0) is 4.79 Å². The zero-order valence-electron chi connectivity index (χ0n) is 8.53. The minimum absolute atomic E-state index is 0.532. The second-order valence-electron chi connectivity index (χ2n) is 3.71. The van der Waals surface area contributed by atoms with Crippen molar-refractivity contribution in [3.05, 3.63) is 29.8 Å². The molecule has 0 radical (unpaired) electrons. The van der Waals surface area contributed by atoms with Gasteiger partial charge in [-0.15, -0.1) is 0 Å². The molecule has 0 bridgehead atoms.